The maximum atomic E-state index is 12.4. The highest BCUT2D eigenvalue weighted by Crippen LogP contribution is 2.23. The molecule has 0 atom stereocenters. The van der Waals surface area contributed by atoms with Gasteiger partial charge in [0.15, 0.2) is 0 Å². The molecule has 1 nitrogen and oxygen atoms in total. The van der Waals surface area contributed by atoms with Crippen LogP contribution in [-0.4, -0.2) is 30.3 Å². The average molecular weight is 274 g/mol. The third-order valence-corrected chi connectivity index (χ3v) is 3.54. The van der Waals surface area contributed by atoms with Crippen molar-refractivity contribution < 1.29 is 8.78 Å². The van der Waals surface area contributed by atoms with E-state index in [1.54, 1.807) is 4.90 Å². The smallest absolute Gasteiger partial charge is 0.251 e. The van der Waals surface area contributed by atoms with Crippen molar-refractivity contribution in [2.24, 2.45) is 0 Å². The molecule has 0 spiro atoms. The predicted octanol–water partition coefficient (Wildman–Crippen LogP) is 3.48. The molecule has 2 rings (SSSR count). The van der Waals surface area contributed by atoms with E-state index in [0.29, 0.717) is 19.0 Å². The van der Waals surface area contributed by atoms with Gasteiger partial charge in [-0.25, -0.2) is 8.78 Å². The summed E-state index contributed by atoms with van der Waals surface area (Å²) < 4.78 is 24.9. The molecule has 1 aromatic rings. The molecular weight excluding hydrogens is 256 g/mol. The minimum Gasteiger partial charge on any atom is -0.292 e. The molecule has 1 aliphatic rings. The Kier molecular flexibility index (Phi) is 4.95. The molecule has 1 aliphatic carbocycles. The summed E-state index contributed by atoms with van der Waals surface area (Å²) in [6.07, 6.45) is 1.18. The van der Waals surface area contributed by atoms with Gasteiger partial charge in [0.05, 0.1) is 6.54 Å². The van der Waals surface area contributed by atoms with Crippen molar-refractivity contribution in [1.29, 1.82) is 0 Å². The molecule has 4 heteroatoms. The van der Waals surface area contributed by atoms with Gasteiger partial charge in [0, 0.05) is 19.0 Å². The van der Waals surface area contributed by atoms with Crippen molar-refractivity contribution in [1.82, 2.24) is 4.90 Å². The van der Waals surface area contributed by atoms with Gasteiger partial charge in [-0.3, -0.25) is 4.90 Å². The molecule has 0 saturated carbocycles. The summed E-state index contributed by atoms with van der Waals surface area (Å²) in [4.78, 5) is 1.72. The first kappa shape index (κ1) is 13.8. The lowest BCUT2D eigenvalue weighted by Gasteiger charge is -2.21. The van der Waals surface area contributed by atoms with Crippen LogP contribution in [-0.2, 0) is 19.4 Å². The summed E-state index contributed by atoms with van der Waals surface area (Å²) >= 11 is 5.65. The minimum absolute atomic E-state index is 0.205. The summed E-state index contributed by atoms with van der Waals surface area (Å²) in [5.41, 5.74) is 3.91. The second-order valence-corrected chi connectivity index (χ2v) is 5.15. The van der Waals surface area contributed by atoms with E-state index in [1.165, 1.54) is 17.5 Å². The van der Waals surface area contributed by atoms with E-state index in [9.17, 15) is 8.78 Å². The van der Waals surface area contributed by atoms with Gasteiger partial charge < -0.3 is 0 Å². The SMILES string of the molecule is FC(F)CN(CCCl)Cc1ccc2c(c1)CCC2. The molecule has 0 aliphatic heterocycles. The van der Waals surface area contributed by atoms with Gasteiger partial charge in [-0.1, -0.05) is 18.2 Å². The first-order valence-corrected chi connectivity index (χ1v) is 6.89. The molecular formula is C14H18ClF2N. The van der Waals surface area contributed by atoms with Crippen LogP contribution in [0.15, 0.2) is 18.2 Å². The van der Waals surface area contributed by atoms with Crippen LogP contribution >= 0.6 is 11.6 Å². The zero-order valence-corrected chi connectivity index (χ0v) is 11.1. The van der Waals surface area contributed by atoms with Crippen molar-refractivity contribution in [3.63, 3.8) is 0 Å². The van der Waals surface area contributed by atoms with E-state index in [4.69, 9.17) is 11.6 Å². The highest BCUT2D eigenvalue weighted by Gasteiger charge is 2.14. The summed E-state index contributed by atoms with van der Waals surface area (Å²) in [5.74, 6) is 0.387. The minimum atomic E-state index is -2.30. The zero-order chi connectivity index (χ0) is 13.0. The molecule has 0 bridgehead atoms. The number of aryl methyl sites for hydroxylation is 2. The monoisotopic (exact) mass is 273 g/mol. The molecule has 100 valence electrons. The third kappa shape index (κ3) is 3.66. The first-order valence-electron chi connectivity index (χ1n) is 6.36. The van der Waals surface area contributed by atoms with Crippen LogP contribution in [0.3, 0.4) is 0 Å². The summed E-state index contributed by atoms with van der Waals surface area (Å²) in [6, 6.07) is 6.35. The lowest BCUT2D eigenvalue weighted by atomic mass is 10.1. The molecule has 0 N–H and O–H groups in total. The molecule has 0 aromatic heterocycles. The Balaban J connectivity index is 2.01. The zero-order valence-electron chi connectivity index (χ0n) is 10.3. The third-order valence-electron chi connectivity index (χ3n) is 3.37. The molecule has 0 unspecified atom stereocenters. The van der Waals surface area contributed by atoms with Gasteiger partial charge >= 0.3 is 0 Å². The van der Waals surface area contributed by atoms with E-state index in [1.807, 2.05) is 0 Å². The Morgan fingerprint density at radius 1 is 1.22 bits per heavy atom. The fourth-order valence-corrected chi connectivity index (χ4v) is 2.77. The van der Waals surface area contributed by atoms with Crippen molar-refractivity contribution >= 4 is 11.6 Å². The quantitative estimate of drug-likeness (QED) is 0.717. The molecule has 0 radical (unpaired) electrons. The van der Waals surface area contributed by atoms with Gasteiger partial charge in [-0.05, 0) is 36.0 Å². The lowest BCUT2D eigenvalue weighted by Crippen LogP contribution is -2.30. The predicted molar refractivity (Wildman–Crippen MR) is 70.5 cm³/mol. The van der Waals surface area contributed by atoms with Crippen LogP contribution in [0.4, 0.5) is 8.78 Å². The van der Waals surface area contributed by atoms with E-state index >= 15 is 0 Å². The van der Waals surface area contributed by atoms with E-state index < -0.39 is 6.43 Å². The number of alkyl halides is 3. The van der Waals surface area contributed by atoms with Crippen molar-refractivity contribution in [2.75, 3.05) is 19.0 Å². The molecule has 0 amide bonds. The normalized spacial score (nSPS) is 14.5. The lowest BCUT2D eigenvalue weighted by molar-refractivity contribution is 0.0878. The maximum absolute atomic E-state index is 12.4. The fourth-order valence-electron chi connectivity index (χ4n) is 2.53. The van der Waals surface area contributed by atoms with Crippen LogP contribution in [0, 0.1) is 0 Å². The second kappa shape index (κ2) is 6.48. The van der Waals surface area contributed by atoms with Gasteiger partial charge in [0.2, 0.25) is 0 Å². The molecule has 1 aromatic carbocycles. The van der Waals surface area contributed by atoms with Crippen molar-refractivity contribution in [3.8, 4) is 0 Å². The van der Waals surface area contributed by atoms with Crippen molar-refractivity contribution in [2.45, 2.75) is 32.2 Å². The Morgan fingerprint density at radius 3 is 2.72 bits per heavy atom. The standard InChI is InChI=1S/C14H18ClF2N/c15-6-7-18(10-14(16)17)9-11-4-5-12-2-1-3-13(12)8-11/h4-5,8,14H,1-3,6-7,9-10H2. The van der Waals surface area contributed by atoms with Crippen LogP contribution < -0.4 is 0 Å². The van der Waals surface area contributed by atoms with Gasteiger partial charge in [-0.15, -0.1) is 11.6 Å². The summed E-state index contributed by atoms with van der Waals surface area (Å²) in [7, 11) is 0. The Hall–Kier alpha value is -0.670. The Morgan fingerprint density at radius 2 is 2.00 bits per heavy atom. The van der Waals surface area contributed by atoms with Crippen LogP contribution in [0.1, 0.15) is 23.1 Å². The number of rotatable bonds is 6. The second-order valence-electron chi connectivity index (χ2n) is 4.77. The van der Waals surface area contributed by atoms with Crippen LogP contribution in [0.5, 0.6) is 0 Å². The van der Waals surface area contributed by atoms with Crippen LogP contribution in [0.2, 0.25) is 0 Å². The highest BCUT2D eigenvalue weighted by molar-refractivity contribution is 6.18. The van der Waals surface area contributed by atoms with E-state index in [0.717, 1.165) is 18.4 Å². The largest absolute Gasteiger partial charge is 0.292 e. The fraction of sp³-hybridized carbons (Fsp3) is 0.571. The van der Waals surface area contributed by atoms with E-state index in [2.05, 4.69) is 18.2 Å². The first-order chi connectivity index (χ1) is 8.69. The number of fused-ring (bicyclic) bond motifs is 1. The molecule has 18 heavy (non-hydrogen) atoms. The van der Waals surface area contributed by atoms with Crippen LogP contribution in [0.25, 0.3) is 0 Å². The number of halogens is 3. The molecule has 0 fully saturated rings. The number of nitrogens with zero attached hydrogens (tertiary/aromatic N) is 1. The Labute approximate surface area is 112 Å². The van der Waals surface area contributed by atoms with Gasteiger partial charge in [0.25, 0.3) is 6.43 Å². The number of benzene rings is 1. The van der Waals surface area contributed by atoms with Gasteiger partial charge in [-0.2, -0.15) is 0 Å². The molecule has 0 heterocycles. The van der Waals surface area contributed by atoms with Crippen molar-refractivity contribution in [3.05, 3.63) is 34.9 Å². The number of hydrogen-bond donors (Lipinski definition) is 0. The maximum Gasteiger partial charge on any atom is 0.251 e. The summed E-state index contributed by atoms with van der Waals surface area (Å²) in [6.45, 7) is 0.858. The van der Waals surface area contributed by atoms with E-state index in [-0.39, 0.29) is 6.54 Å². The highest BCUT2D eigenvalue weighted by atomic mass is 35.5. The summed E-state index contributed by atoms with van der Waals surface area (Å²) in [5, 5.41) is 0. The Bertz CT molecular complexity index is 395. The average Bonchev–Trinajstić information content (AvgIpc) is 2.75. The molecule has 0 saturated heterocycles. The number of hydrogen-bond acceptors (Lipinski definition) is 1. The topological polar surface area (TPSA) is 3.24 Å². The van der Waals surface area contributed by atoms with Gasteiger partial charge in [0.1, 0.15) is 0 Å².